The molecule has 1 N–H and O–H groups in total. The summed E-state index contributed by atoms with van der Waals surface area (Å²) in [7, 11) is 0. The Bertz CT molecular complexity index is 840. The Labute approximate surface area is 157 Å². The molecule has 7 nitrogen and oxygen atoms in total. The van der Waals surface area contributed by atoms with E-state index in [0.29, 0.717) is 11.3 Å². The van der Waals surface area contributed by atoms with Gasteiger partial charge in [0.05, 0.1) is 0 Å². The monoisotopic (exact) mass is 363 g/mol. The van der Waals surface area contributed by atoms with E-state index in [1.54, 1.807) is 24.5 Å². The molecule has 138 valence electrons. The van der Waals surface area contributed by atoms with Crippen molar-refractivity contribution < 1.29 is 9.59 Å². The van der Waals surface area contributed by atoms with Gasteiger partial charge in [-0.05, 0) is 25.0 Å². The lowest BCUT2D eigenvalue weighted by atomic mass is 10.1. The Morgan fingerprint density at radius 2 is 1.78 bits per heavy atom. The summed E-state index contributed by atoms with van der Waals surface area (Å²) in [6.45, 7) is 5.54. The summed E-state index contributed by atoms with van der Waals surface area (Å²) in [5.41, 5.74) is 1.99. The van der Waals surface area contributed by atoms with Gasteiger partial charge in [-0.1, -0.05) is 24.8 Å². The molecular weight excluding hydrogens is 342 g/mol. The highest BCUT2D eigenvalue weighted by Gasteiger charge is 2.32. The maximum atomic E-state index is 12.5. The normalized spacial score (nSPS) is 17.2. The van der Waals surface area contributed by atoms with Crippen LogP contribution in [0.1, 0.15) is 28.8 Å². The second kappa shape index (κ2) is 7.19. The first kappa shape index (κ1) is 17.2. The summed E-state index contributed by atoms with van der Waals surface area (Å²) in [6, 6.07) is 9.19. The number of piperidine rings is 1. The predicted octanol–water partition coefficient (Wildman–Crippen LogP) is 1.69. The van der Waals surface area contributed by atoms with Crippen molar-refractivity contribution in [1.29, 1.82) is 0 Å². The maximum Gasteiger partial charge on any atom is 0.259 e. The molecule has 2 aromatic rings. The molecule has 3 heterocycles. The van der Waals surface area contributed by atoms with Gasteiger partial charge in [-0.25, -0.2) is 9.97 Å². The van der Waals surface area contributed by atoms with Crippen molar-refractivity contribution in [2.24, 2.45) is 0 Å². The first-order chi connectivity index (χ1) is 13.1. The van der Waals surface area contributed by atoms with E-state index >= 15 is 0 Å². The summed E-state index contributed by atoms with van der Waals surface area (Å²) in [5.74, 6) is 0.396. The van der Waals surface area contributed by atoms with Gasteiger partial charge >= 0.3 is 0 Å². The topological polar surface area (TPSA) is 78.4 Å². The fourth-order valence-electron chi connectivity index (χ4n) is 3.60. The second-order valence-electron chi connectivity index (χ2n) is 6.76. The number of hydrogen-bond acceptors (Lipinski definition) is 5. The number of amides is 2. The first-order valence-electron chi connectivity index (χ1n) is 9.05. The van der Waals surface area contributed by atoms with Crippen molar-refractivity contribution in [3.8, 4) is 0 Å². The van der Waals surface area contributed by atoms with Gasteiger partial charge in [-0.2, -0.15) is 0 Å². The Morgan fingerprint density at radius 1 is 1.11 bits per heavy atom. The number of rotatable bonds is 4. The van der Waals surface area contributed by atoms with Crippen LogP contribution < -0.4 is 10.2 Å². The lowest BCUT2D eigenvalue weighted by molar-refractivity contribution is -0.122. The molecular formula is C20H21N5O2. The van der Waals surface area contributed by atoms with Gasteiger partial charge in [0.15, 0.2) is 0 Å². The van der Waals surface area contributed by atoms with E-state index in [1.165, 1.54) is 4.90 Å². The maximum absolute atomic E-state index is 12.5. The van der Waals surface area contributed by atoms with Crippen molar-refractivity contribution in [3.63, 3.8) is 0 Å². The molecule has 2 aliphatic heterocycles. The third-order valence-electron chi connectivity index (χ3n) is 5.04. The Hall–Kier alpha value is -3.22. The highest BCUT2D eigenvalue weighted by Crippen LogP contribution is 2.30. The van der Waals surface area contributed by atoms with Crippen LogP contribution in [0, 0.1) is 0 Å². The summed E-state index contributed by atoms with van der Waals surface area (Å²) in [6.07, 6.45) is 5.10. The van der Waals surface area contributed by atoms with Crippen LogP contribution in [0.2, 0.25) is 0 Å². The van der Waals surface area contributed by atoms with Crippen molar-refractivity contribution in [2.75, 3.05) is 24.5 Å². The smallest absolute Gasteiger partial charge is 0.259 e. The Morgan fingerprint density at radius 3 is 2.44 bits per heavy atom. The fourth-order valence-corrected chi connectivity index (χ4v) is 3.60. The second-order valence-corrected chi connectivity index (χ2v) is 6.76. The van der Waals surface area contributed by atoms with Gasteiger partial charge in [-0.3, -0.25) is 14.5 Å². The largest absolute Gasteiger partial charge is 0.352 e. The molecule has 0 radical (unpaired) electrons. The average Bonchev–Trinajstić information content (AvgIpc) is 2.94. The number of nitrogens with zero attached hydrogens (tertiary/aromatic N) is 4. The predicted molar refractivity (Wildman–Crippen MR) is 102 cm³/mol. The third-order valence-corrected chi connectivity index (χ3v) is 5.04. The number of carbonyl (C=O) groups excluding carboxylic acids is 2. The molecule has 0 saturated carbocycles. The van der Waals surface area contributed by atoms with E-state index in [1.807, 2.05) is 18.2 Å². The number of anilines is 1. The van der Waals surface area contributed by atoms with E-state index in [4.69, 9.17) is 0 Å². The molecule has 7 heteroatoms. The molecule has 0 aliphatic carbocycles. The van der Waals surface area contributed by atoms with Gasteiger partial charge in [-0.15, -0.1) is 0 Å². The molecule has 27 heavy (non-hydrogen) atoms. The highest BCUT2D eigenvalue weighted by molar-refractivity contribution is 6.10. The molecule has 1 aromatic heterocycles. The average molecular weight is 363 g/mol. The fraction of sp³-hybridized carbons (Fsp3) is 0.300. The molecule has 2 aliphatic rings. The van der Waals surface area contributed by atoms with Crippen LogP contribution in [0.4, 0.5) is 5.95 Å². The van der Waals surface area contributed by atoms with Crippen molar-refractivity contribution in [2.45, 2.75) is 18.9 Å². The zero-order chi connectivity index (χ0) is 18.8. The van der Waals surface area contributed by atoms with E-state index in [0.717, 1.165) is 37.4 Å². The zero-order valence-electron chi connectivity index (χ0n) is 15.0. The SMILES string of the molecule is C=C1c2ccccc2C(=O)N1CC(=O)NC1CCN(c2ncccn2)CC1. The Kier molecular flexibility index (Phi) is 4.58. The number of fused-ring (bicyclic) bond motifs is 1. The molecule has 0 unspecified atom stereocenters. The van der Waals surface area contributed by atoms with Crippen LogP contribution >= 0.6 is 0 Å². The van der Waals surface area contributed by atoms with Crippen LogP contribution in [0.3, 0.4) is 0 Å². The van der Waals surface area contributed by atoms with Crippen molar-refractivity contribution in [1.82, 2.24) is 20.2 Å². The molecule has 0 bridgehead atoms. The quantitative estimate of drug-likeness (QED) is 0.894. The third kappa shape index (κ3) is 3.40. The van der Waals surface area contributed by atoms with Crippen LogP contribution in [0.15, 0.2) is 49.3 Å². The minimum Gasteiger partial charge on any atom is -0.352 e. The summed E-state index contributed by atoms with van der Waals surface area (Å²) < 4.78 is 0. The summed E-state index contributed by atoms with van der Waals surface area (Å²) >= 11 is 0. The molecule has 1 saturated heterocycles. The van der Waals surface area contributed by atoms with Gasteiger partial charge in [0.1, 0.15) is 6.54 Å². The van der Waals surface area contributed by atoms with Crippen LogP contribution in [-0.2, 0) is 4.79 Å². The van der Waals surface area contributed by atoms with E-state index in [9.17, 15) is 9.59 Å². The lowest BCUT2D eigenvalue weighted by Gasteiger charge is -2.32. The van der Waals surface area contributed by atoms with E-state index < -0.39 is 0 Å². The molecule has 1 fully saturated rings. The van der Waals surface area contributed by atoms with Gasteiger partial charge in [0, 0.05) is 48.3 Å². The summed E-state index contributed by atoms with van der Waals surface area (Å²) in [5, 5.41) is 3.04. The van der Waals surface area contributed by atoms with E-state index in [-0.39, 0.29) is 24.4 Å². The number of nitrogens with one attached hydrogen (secondary N) is 1. The molecule has 2 amide bonds. The number of benzene rings is 1. The van der Waals surface area contributed by atoms with Crippen LogP contribution in [0.25, 0.3) is 5.70 Å². The lowest BCUT2D eigenvalue weighted by Crippen LogP contribution is -2.47. The van der Waals surface area contributed by atoms with E-state index in [2.05, 4.69) is 26.8 Å². The minimum absolute atomic E-state index is 0.00560. The van der Waals surface area contributed by atoms with Crippen molar-refractivity contribution in [3.05, 3.63) is 60.4 Å². The standard InChI is InChI=1S/C20H21N5O2/c1-14-16-5-2-3-6-17(16)19(27)25(14)13-18(26)23-15-7-11-24(12-8-15)20-21-9-4-10-22-20/h2-6,9-10,15H,1,7-8,11-13H2,(H,23,26). The number of aromatic nitrogens is 2. The molecule has 4 rings (SSSR count). The summed E-state index contributed by atoms with van der Waals surface area (Å²) in [4.78, 5) is 37.1. The highest BCUT2D eigenvalue weighted by atomic mass is 16.2. The number of carbonyl (C=O) groups is 2. The van der Waals surface area contributed by atoms with Gasteiger partial charge in [0.25, 0.3) is 5.91 Å². The zero-order valence-corrected chi connectivity index (χ0v) is 15.0. The molecule has 0 spiro atoms. The minimum atomic E-state index is -0.165. The van der Waals surface area contributed by atoms with Crippen LogP contribution in [0.5, 0.6) is 0 Å². The first-order valence-corrected chi connectivity index (χ1v) is 9.05. The van der Waals surface area contributed by atoms with Gasteiger partial charge < -0.3 is 10.2 Å². The molecule has 1 aromatic carbocycles. The van der Waals surface area contributed by atoms with Crippen molar-refractivity contribution >= 4 is 23.5 Å². The number of hydrogen-bond donors (Lipinski definition) is 1. The molecule has 0 atom stereocenters. The Balaban J connectivity index is 1.31. The van der Waals surface area contributed by atoms with Gasteiger partial charge in [0.2, 0.25) is 11.9 Å². The van der Waals surface area contributed by atoms with Crippen LogP contribution in [-0.4, -0.2) is 52.4 Å².